The van der Waals surface area contributed by atoms with Crippen LogP contribution in [-0.4, -0.2) is 52.1 Å². The number of hydrogen-bond donors (Lipinski definition) is 4. The van der Waals surface area contributed by atoms with Crippen LogP contribution in [0.5, 0.6) is 11.5 Å². The second-order valence-electron chi connectivity index (χ2n) is 6.81. The Morgan fingerprint density at radius 2 is 1.55 bits per heavy atom. The highest BCUT2D eigenvalue weighted by molar-refractivity contribution is 5.53. The lowest BCUT2D eigenvalue weighted by Crippen LogP contribution is -2.57. The minimum Gasteiger partial charge on any atom is -0.457 e. The van der Waals surface area contributed by atoms with E-state index in [1.54, 1.807) is 18.2 Å². The van der Waals surface area contributed by atoms with Gasteiger partial charge in [-0.2, -0.15) is 0 Å². The second kappa shape index (κ2) is 8.71. The van der Waals surface area contributed by atoms with Gasteiger partial charge in [-0.3, -0.25) is 21.0 Å². The maximum absolute atomic E-state index is 9.50. The molecule has 5 atom stereocenters. The van der Waals surface area contributed by atoms with Crippen LogP contribution < -0.4 is 4.74 Å². The van der Waals surface area contributed by atoms with Gasteiger partial charge in [0.15, 0.2) is 18.3 Å². The predicted molar refractivity (Wildman–Crippen MR) is 94.5 cm³/mol. The summed E-state index contributed by atoms with van der Waals surface area (Å²) in [6.07, 6.45) is -5.41. The van der Waals surface area contributed by atoms with E-state index in [0.29, 0.717) is 17.7 Å². The van der Waals surface area contributed by atoms with Gasteiger partial charge in [-0.1, -0.05) is 30.3 Å². The van der Waals surface area contributed by atoms with Gasteiger partial charge in [0.2, 0.25) is 0 Å². The summed E-state index contributed by atoms with van der Waals surface area (Å²) in [4.78, 5) is 17.4. The Bertz CT molecular complexity index is 843. The van der Waals surface area contributed by atoms with E-state index < -0.39 is 37.1 Å². The van der Waals surface area contributed by atoms with E-state index in [1.807, 2.05) is 24.3 Å². The quantitative estimate of drug-likeness (QED) is 0.356. The molecule has 0 bridgehead atoms. The zero-order chi connectivity index (χ0) is 20.4. The van der Waals surface area contributed by atoms with Gasteiger partial charge in [-0.25, -0.2) is 19.6 Å². The molecule has 0 radical (unpaired) electrons. The highest BCUT2D eigenvalue weighted by atomic mass is 17.2. The van der Waals surface area contributed by atoms with Crippen molar-refractivity contribution < 1.29 is 50.1 Å². The van der Waals surface area contributed by atoms with Gasteiger partial charge in [0.1, 0.15) is 30.3 Å². The number of para-hydroxylation sites is 1. The molecular formula is C19H20O10. The lowest BCUT2D eigenvalue weighted by molar-refractivity contribution is -0.443. The fourth-order valence-electron chi connectivity index (χ4n) is 3.93. The number of benzene rings is 2. The molecule has 2 aliphatic rings. The Morgan fingerprint density at radius 3 is 2.28 bits per heavy atom. The summed E-state index contributed by atoms with van der Waals surface area (Å²) in [5, 5.41) is 36.9. The highest BCUT2D eigenvalue weighted by Gasteiger charge is 2.51. The van der Waals surface area contributed by atoms with Crippen molar-refractivity contribution in [2.75, 3.05) is 6.61 Å². The third-order valence-corrected chi connectivity index (χ3v) is 5.27. The average molecular weight is 408 g/mol. The summed E-state index contributed by atoms with van der Waals surface area (Å²) >= 11 is 0. The smallest absolute Gasteiger partial charge is 0.157 e. The number of fused-ring (bicyclic) bond motifs is 2. The molecule has 156 valence electrons. The van der Waals surface area contributed by atoms with Crippen molar-refractivity contribution >= 4 is 0 Å². The van der Waals surface area contributed by atoms with Crippen molar-refractivity contribution in [3.8, 4) is 11.5 Å². The van der Waals surface area contributed by atoms with Crippen LogP contribution in [0.4, 0.5) is 0 Å². The Kier molecular flexibility index (Phi) is 6.06. The zero-order valence-electron chi connectivity index (χ0n) is 15.1. The van der Waals surface area contributed by atoms with E-state index in [2.05, 4.69) is 19.6 Å². The van der Waals surface area contributed by atoms with Crippen LogP contribution in [0, 0.1) is 0 Å². The van der Waals surface area contributed by atoms with Gasteiger partial charge in [-0.15, -0.1) is 0 Å². The lowest BCUT2D eigenvalue weighted by Gasteiger charge is -2.42. The highest BCUT2D eigenvalue weighted by Crippen LogP contribution is 2.44. The van der Waals surface area contributed by atoms with Crippen molar-refractivity contribution in [1.29, 1.82) is 0 Å². The van der Waals surface area contributed by atoms with Gasteiger partial charge < -0.3 is 9.47 Å². The van der Waals surface area contributed by atoms with E-state index >= 15 is 0 Å². The van der Waals surface area contributed by atoms with Crippen molar-refractivity contribution in [2.45, 2.75) is 36.9 Å². The van der Waals surface area contributed by atoms with Gasteiger partial charge >= 0.3 is 0 Å². The molecule has 29 heavy (non-hydrogen) atoms. The molecular weight excluding hydrogens is 388 g/mol. The minimum absolute atomic E-state index is 0.395. The molecule has 2 aliphatic heterocycles. The van der Waals surface area contributed by atoms with E-state index in [-0.39, 0.29) is 0 Å². The largest absolute Gasteiger partial charge is 0.457 e. The predicted octanol–water partition coefficient (Wildman–Crippen LogP) is 2.89. The minimum atomic E-state index is -1.35. The van der Waals surface area contributed by atoms with Crippen molar-refractivity contribution in [3.63, 3.8) is 0 Å². The summed E-state index contributed by atoms with van der Waals surface area (Å²) in [6.45, 7) is -0.395. The van der Waals surface area contributed by atoms with Crippen molar-refractivity contribution in [3.05, 3.63) is 59.2 Å². The molecule has 0 aromatic heterocycles. The monoisotopic (exact) mass is 408 g/mol. The first-order valence-corrected chi connectivity index (χ1v) is 8.91. The first-order valence-electron chi connectivity index (χ1n) is 8.91. The maximum atomic E-state index is 9.50. The Morgan fingerprint density at radius 1 is 0.828 bits per heavy atom. The molecule has 1 fully saturated rings. The molecule has 10 nitrogen and oxygen atoms in total. The molecule has 1 unspecified atom stereocenters. The molecule has 4 N–H and O–H groups in total. The van der Waals surface area contributed by atoms with E-state index in [9.17, 15) is 15.8 Å². The topological polar surface area (TPSA) is 136 Å². The third kappa shape index (κ3) is 3.62. The first kappa shape index (κ1) is 20.2. The van der Waals surface area contributed by atoms with Crippen LogP contribution in [0.1, 0.15) is 22.8 Å². The molecule has 2 aromatic carbocycles. The molecule has 0 spiro atoms. The fourth-order valence-corrected chi connectivity index (χ4v) is 3.93. The van der Waals surface area contributed by atoms with Crippen LogP contribution in [0.15, 0.2) is 42.5 Å². The van der Waals surface area contributed by atoms with E-state index in [4.69, 9.17) is 14.7 Å². The van der Waals surface area contributed by atoms with Gasteiger partial charge in [-0.05, 0) is 23.3 Å². The number of rotatable bonds is 6. The molecule has 0 saturated carbocycles. The van der Waals surface area contributed by atoms with Crippen LogP contribution >= 0.6 is 0 Å². The summed E-state index contributed by atoms with van der Waals surface area (Å²) in [5.41, 5.74) is 2.37. The molecule has 0 amide bonds. The number of hydrogen-bond acceptors (Lipinski definition) is 10. The van der Waals surface area contributed by atoms with Crippen LogP contribution in [0.25, 0.3) is 0 Å². The third-order valence-electron chi connectivity index (χ3n) is 5.27. The fraction of sp³-hybridized carbons (Fsp3) is 0.368. The van der Waals surface area contributed by atoms with E-state index in [0.717, 1.165) is 16.9 Å². The summed E-state index contributed by atoms with van der Waals surface area (Å²) in [6, 6.07) is 12.9. The molecule has 4 rings (SSSR count). The molecule has 1 saturated heterocycles. The average Bonchev–Trinajstić information content (AvgIpc) is 2.76. The Hall–Kier alpha value is -2.12. The summed E-state index contributed by atoms with van der Waals surface area (Å²) < 4.78 is 11.9. The van der Waals surface area contributed by atoms with Crippen LogP contribution in [0.2, 0.25) is 0 Å². The Labute approximate surface area is 165 Å². The first-order chi connectivity index (χ1) is 14.2. The van der Waals surface area contributed by atoms with E-state index in [1.165, 1.54) is 0 Å². The zero-order valence-corrected chi connectivity index (χ0v) is 15.1. The lowest BCUT2D eigenvalue weighted by atomic mass is 9.86. The Balaban J connectivity index is 1.74. The molecule has 10 heteroatoms. The summed E-state index contributed by atoms with van der Waals surface area (Å²) in [7, 11) is 0. The summed E-state index contributed by atoms with van der Waals surface area (Å²) in [5.74, 6) is 1.35. The molecule has 2 heterocycles. The number of ether oxygens (including phenoxy) is 2. The normalized spacial score (nSPS) is 28.3. The van der Waals surface area contributed by atoms with Gasteiger partial charge in [0, 0.05) is 12.0 Å². The van der Waals surface area contributed by atoms with Crippen molar-refractivity contribution in [1.82, 2.24) is 0 Å². The standard InChI is InChI=1S/C19H20O10/c20-24-9-15-17(27-21)19(29-23)18(28-22)16(26-15)11-5-3-7-14-12(11)8-10-4-1-2-6-13(10)25-14/h1-7,15-23H,8-9H2/t15-,16?,17-,18+,19+/m1/s1. The molecule has 0 aliphatic carbocycles. The van der Waals surface area contributed by atoms with Crippen molar-refractivity contribution in [2.24, 2.45) is 0 Å². The van der Waals surface area contributed by atoms with Crippen LogP contribution in [0.3, 0.4) is 0 Å². The van der Waals surface area contributed by atoms with Crippen LogP contribution in [-0.2, 0) is 30.7 Å². The van der Waals surface area contributed by atoms with Gasteiger partial charge in [0.25, 0.3) is 0 Å². The molecule has 2 aromatic rings. The second-order valence-corrected chi connectivity index (χ2v) is 6.81. The SMILES string of the molecule is OOC[C@H]1OC(c2cccc3c2Cc2ccccc2O3)[C@H](OO)[C@@H](OO)[C@@H]1OO. The van der Waals surface area contributed by atoms with Gasteiger partial charge in [0.05, 0.1) is 0 Å². The maximum Gasteiger partial charge on any atom is 0.157 e.